The number of para-hydroxylation sites is 1. The van der Waals surface area contributed by atoms with E-state index in [1.807, 2.05) is 24.3 Å². The molecule has 146 valence electrons. The van der Waals surface area contributed by atoms with Crippen LogP contribution in [0.1, 0.15) is 32.3 Å². The molecule has 0 saturated carbocycles. The summed E-state index contributed by atoms with van der Waals surface area (Å²) in [7, 11) is 0. The van der Waals surface area contributed by atoms with Crippen LogP contribution in [0.3, 0.4) is 0 Å². The van der Waals surface area contributed by atoms with Gasteiger partial charge in [-0.25, -0.2) is 9.07 Å². The minimum Gasteiger partial charge on any atom is -0.335 e. The van der Waals surface area contributed by atoms with Crippen molar-refractivity contribution in [2.75, 3.05) is 11.2 Å². The lowest BCUT2D eigenvalue weighted by Gasteiger charge is -2.16. The number of carbonyl (C=O) groups is 1. The summed E-state index contributed by atoms with van der Waals surface area (Å²) in [6, 6.07) is 13.6. The predicted molar refractivity (Wildman–Crippen MR) is 110 cm³/mol. The summed E-state index contributed by atoms with van der Waals surface area (Å²) in [5, 5.41) is 11.1. The second-order valence-electron chi connectivity index (χ2n) is 6.67. The Morgan fingerprint density at radius 1 is 1.11 bits per heavy atom. The van der Waals surface area contributed by atoms with Crippen molar-refractivity contribution < 1.29 is 9.18 Å². The zero-order valence-corrected chi connectivity index (χ0v) is 16.7. The van der Waals surface area contributed by atoms with E-state index in [1.54, 1.807) is 19.1 Å². The molecule has 0 fully saturated rings. The molecule has 0 aliphatic heterocycles. The number of nitrogens with zero attached hydrogens (tertiary/aromatic N) is 3. The third-order valence-electron chi connectivity index (χ3n) is 4.26. The maximum Gasteiger partial charge on any atom is 0.237 e. The Kier molecular flexibility index (Phi) is 5.99. The number of aromatic nitrogens is 3. The van der Waals surface area contributed by atoms with Crippen LogP contribution in [0.25, 0.3) is 11.4 Å². The number of carbonyl (C=O) groups excluding carboxylic acids is 1. The molecule has 0 bridgehead atoms. The van der Waals surface area contributed by atoms with Crippen molar-refractivity contribution in [1.29, 1.82) is 0 Å². The maximum absolute atomic E-state index is 13.1. The number of halogens is 1. The molecule has 0 spiro atoms. The van der Waals surface area contributed by atoms with Gasteiger partial charge in [-0.3, -0.25) is 4.79 Å². The monoisotopic (exact) mass is 399 g/mol. The van der Waals surface area contributed by atoms with Crippen LogP contribution in [0.4, 0.5) is 10.1 Å². The van der Waals surface area contributed by atoms with E-state index >= 15 is 0 Å². The van der Waals surface area contributed by atoms with Crippen LogP contribution in [0.5, 0.6) is 0 Å². The number of hydrogen-bond donors (Lipinski definition) is 2. The Morgan fingerprint density at radius 3 is 2.46 bits per heavy atom. The van der Waals surface area contributed by atoms with Gasteiger partial charge < -0.3 is 11.2 Å². The molecule has 6 nitrogen and oxygen atoms in total. The van der Waals surface area contributed by atoms with E-state index in [9.17, 15) is 9.18 Å². The Balaban J connectivity index is 1.72. The summed E-state index contributed by atoms with van der Waals surface area (Å²) in [4.78, 5) is 12.6. The molecule has 3 N–H and O–H groups in total. The number of amides is 1. The highest BCUT2D eigenvalue weighted by molar-refractivity contribution is 8.00. The average molecular weight is 399 g/mol. The lowest BCUT2D eigenvalue weighted by molar-refractivity contribution is -0.115. The van der Waals surface area contributed by atoms with Gasteiger partial charge in [0.15, 0.2) is 5.82 Å². The van der Waals surface area contributed by atoms with Crippen molar-refractivity contribution in [2.45, 2.75) is 37.1 Å². The standard InChI is InChI=1S/C20H22FN5OS/c1-12(2)16-6-4-5-7-17(16)23-19(27)13(3)28-20-25-24-18(26(20)22)14-8-10-15(21)11-9-14/h4-13H,22H2,1-3H3,(H,23,27)/t13-/m0/s1. The van der Waals surface area contributed by atoms with Gasteiger partial charge >= 0.3 is 0 Å². The molecule has 0 saturated heterocycles. The molecule has 28 heavy (non-hydrogen) atoms. The SMILES string of the molecule is CC(C)c1ccccc1NC(=O)[C@H](C)Sc1nnc(-c2ccc(F)cc2)n1N. The van der Waals surface area contributed by atoms with E-state index in [0.29, 0.717) is 22.5 Å². The fourth-order valence-electron chi connectivity index (χ4n) is 2.71. The smallest absolute Gasteiger partial charge is 0.237 e. The highest BCUT2D eigenvalue weighted by Crippen LogP contribution is 2.27. The zero-order valence-electron chi connectivity index (χ0n) is 15.9. The fourth-order valence-corrected chi connectivity index (χ4v) is 3.48. The molecule has 0 radical (unpaired) electrons. The Morgan fingerprint density at radius 2 is 1.79 bits per heavy atom. The minimum atomic E-state index is -0.437. The molecule has 8 heteroatoms. The first kappa shape index (κ1) is 19.9. The number of hydrogen-bond acceptors (Lipinski definition) is 5. The number of nitrogens with two attached hydrogens (primary N) is 1. The van der Waals surface area contributed by atoms with Crippen LogP contribution in [-0.2, 0) is 4.79 Å². The largest absolute Gasteiger partial charge is 0.335 e. The van der Waals surface area contributed by atoms with Crippen molar-refractivity contribution >= 4 is 23.4 Å². The van der Waals surface area contributed by atoms with Crippen molar-refractivity contribution in [3.8, 4) is 11.4 Å². The molecular formula is C20H22FN5OS. The van der Waals surface area contributed by atoms with Crippen LogP contribution in [0.15, 0.2) is 53.7 Å². The number of thioether (sulfide) groups is 1. The van der Waals surface area contributed by atoms with E-state index in [2.05, 4.69) is 29.4 Å². The number of anilines is 1. The van der Waals surface area contributed by atoms with E-state index in [4.69, 9.17) is 5.84 Å². The number of benzene rings is 2. The van der Waals surface area contributed by atoms with Gasteiger partial charge in [0.25, 0.3) is 0 Å². The lowest BCUT2D eigenvalue weighted by atomic mass is 10.0. The minimum absolute atomic E-state index is 0.149. The topological polar surface area (TPSA) is 85.8 Å². The number of nitrogen functional groups attached to an aromatic ring is 1. The molecule has 1 aromatic heterocycles. The highest BCUT2D eigenvalue weighted by Gasteiger charge is 2.21. The van der Waals surface area contributed by atoms with Crippen LogP contribution in [-0.4, -0.2) is 26.0 Å². The van der Waals surface area contributed by atoms with Gasteiger partial charge in [-0.1, -0.05) is 43.8 Å². The molecule has 1 amide bonds. The second kappa shape index (κ2) is 8.43. The second-order valence-corrected chi connectivity index (χ2v) is 7.98. The summed E-state index contributed by atoms with van der Waals surface area (Å²) >= 11 is 1.21. The van der Waals surface area contributed by atoms with E-state index < -0.39 is 5.25 Å². The van der Waals surface area contributed by atoms with Gasteiger partial charge in [0.05, 0.1) is 5.25 Å². The summed E-state index contributed by atoms with van der Waals surface area (Å²) in [6.07, 6.45) is 0. The van der Waals surface area contributed by atoms with Crippen LogP contribution in [0, 0.1) is 5.82 Å². The molecule has 2 aromatic carbocycles. The van der Waals surface area contributed by atoms with Gasteiger partial charge in [0, 0.05) is 11.3 Å². The van der Waals surface area contributed by atoms with Crippen LogP contribution >= 0.6 is 11.8 Å². The maximum atomic E-state index is 13.1. The first-order valence-electron chi connectivity index (χ1n) is 8.89. The van der Waals surface area contributed by atoms with Crippen molar-refractivity contribution in [2.24, 2.45) is 0 Å². The van der Waals surface area contributed by atoms with Crippen molar-refractivity contribution in [3.63, 3.8) is 0 Å². The molecule has 1 heterocycles. The van der Waals surface area contributed by atoms with E-state index in [-0.39, 0.29) is 11.7 Å². The molecule has 3 aromatic rings. The zero-order chi connectivity index (χ0) is 20.3. The van der Waals surface area contributed by atoms with E-state index in [1.165, 1.54) is 28.6 Å². The molecule has 0 aliphatic rings. The fraction of sp³-hybridized carbons (Fsp3) is 0.250. The molecule has 0 unspecified atom stereocenters. The summed E-state index contributed by atoms with van der Waals surface area (Å²) in [5.74, 6) is 6.29. The van der Waals surface area contributed by atoms with Crippen molar-refractivity contribution in [3.05, 3.63) is 59.9 Å². The van der Waals surface area contributed by atoms with Crippen LogP contribution < -0.4 is 11.2 Å². The van der Waals surface area contributed by atoms with Gasteiger partial charge in [0.2, 0.25) is 11.1 Å². The lowest BCUT2D eigenvalue weighted by Crippen LogP contribution is -2.24. The van der Waals surface area contributed by atoms with Gasteiger partial charge in [-0.2, -0.15) is 0 Å². The first-order chi connectivity index (χ1) is 13.4. The Bertz CT molecular complexity index is 971. The summed E-state index contributed by atoms with van der Waals surface area (Å²) < 4.78 is 14.4. The predicted octanol–water partition coefficient (Wildman–Crippen LogP) is 4.04. The highest BCUT2D eigenvalue weighted by atomic mass is 32.2. The Labute approximate surface area is 167 Å². The molecule has 1 atom stereocenters. The van der Waals surface area contributed by atoms with Crippen molar-refractivity contribution in [1.82, 2.24) is 14.9 Å². The summed E-state index contributed by atoms with van der Waals surface area (Å²) in [6.45, 7) is 5.94. The first-order valence-corrected chi connectivity index (χ1v) is 9.77. The molecule has 3 rings (SSSR count). The third-order valence-corrected chi connectivity index (χ3v) is 5.32. The Hall–Kier alpha value is -2.87. The van der Waals surface area contributed by atoms with Gasteiger partial charge in [0.1, 0.15) is 5.82 Å². The van der Waals surface area contributed by atoms with Crippen LogP contribution in [0.2, 0.25) is 0 Å². The average Bonchev–Trinajstić information content (AvgIpc) is 3.03. The molecular weight excluding hydrogens is 377 g/mol. The number of nitrogens with one attached hydrogen (secondary N) is 1. The normalized spacial score (nSPS) is 12.2. The molecule has 0 aliphatic carbocycles. The van der Waals surface area contributed by atoms with Gasteiger partial charge in [-0.15, -0.1) is 10.2 Å². The summed E-state index contributed by atoms with van der Waals surface area (Å²) in [5.41, 5.74) is 2.52. The van der Waals surface area contributed by atoms with Gasteiger partial charge in [-0.05, 0) is 48.7 Å². The third kappa shape index (κ3) is 4.33. The number of rotatable bonds is 6. The van der Waals surface area contributed by atoms with E-state index in [0.717, 1.165) is 11.3 Å². The quantitative estimate of drug-likeness (QED) is 0.483.